The first-order valence-electron chi connectivity index (χ1n) is 8.19. The lowest BCUT2D eigenvalue weighted by molar-refractivity contribution is -0.136. The van der Waals surface area contributed by atoms with Gasteiger partial charge in [0, 0.05) is 6.08 Å². The van der Waals surface area contributed by atoms with Gasteiger partial charge in [-0.25, -0.2) is 4.79 Å². The molecule has 0 N–H and O–H groups in total. The van der Waals surface area contributed by atoms with Gasteiger partial charge in [-0.2, -0.15) is 0 Å². The summed E-state index contributed by atoms with van der Waals surface area (Å²) in [6.45, 7) is 0.531. The maximum atomic E-state index is 11.9. The lowest BCUT2D eigenvalue weighted by Crippen LogP contribution is -2.00. The summed E-state index contributed by atoms with van der Waals surface area (Å²) < 4.78 is 26.3. The van der Waals surface area contributed by atoms with Crippen molar-refractivity contribution in [2.45, 2.75) is 0 Å². The Bertz CT molecular complexity index is 934. The Balaban J connectivity index is 1.32. The van der Waals surface area contributed by atoms with Crippen molar-refractivity contribution in [2.75, 3.05) is 20.2 Å². The van der Waals surface area contributed by atoms with Crippen molar-refractivity contribution in [3.8, 4) is 23.0 Å². The van der Waals surface area contributed by atoms with E-state index in [0.29, 0.717) is 22.8 Å². The summed E-state index contributed by atoms with van der Waals surface area (Å²) in [7, 11) is 0. The van der Waals surface area contributed by atoms with E-state index >= 15 is 0 Å². The maximum Gasteiger partial charge on any atom is 0.332 e. The van der Waals surface area contributed by atoms with Crippen LogP contribution in [-0.2, 0) is 9.53 Å². The van der Waals surface area contributed by atoms with Crippen LogP contribution in [0.4, 0.5) is 0 Å². The molecule has 2 aromatic rings. The molecule has 0 fully saturated rings. The highest BCUT2D eigenvalue weighted by Crippen LogP contribution is 2.35. The SMILES string of the molecule is O=C(/C=C(\Cl)c1ccc2c(c1)OCO2)OCC=Cc1ccc2c(c1)OCO2. The van der Waals surface area contributed by atoms with E-state index in [9.17, 15) is 4.79 Å². The molecular formula is C20H15ClO6. The molecule has 0 amide bonds. The van der Waals surface area contributed by atoms with Crippen molar-refractivity contribution in [1.82, 2.24) is 0 Å². The van der Waals surface area contributed by atoms with Crippen molar-refractivity contribution in [1.29, 1.82) is 0 Å². The topological polar surface area (TPSA) is 63.2 Å². The molecule has 138 valence electrons. The predicted molar refractivity (Wildman–Crippen MR) is 99.0 cm³/mol. The van der Waals surface area contributed by atoms with Crippen LogP contribution in [0.3, 0.4) is 0 Å². The number of esters is 1. The molecule has 0 bridgehead atoms. The molecule has 0 radical (unpaired) electrons. The van der Waals surface area contributed by atoms with E-state index in [4.69, 9.17) is 35.3 Å². The van der Waals surface area contributed by atoms with E-state index in [1.807, 2.05) is 24.3 Å². The van der Waals surface area contributed by atoms with Gasteiger partial charge < -0.3 is 23.7 Å². The number of benzene rings is 2. The molecule has 2 aromatic carbocycles. The molecule has 2 heterocycles. The summed E-state index contributed by atoms with van der Waals surface area (Å²) in [6.07, 6.45) is 4.80. The maximum absolute atomic E-state index is 11.9. The quantitative estimate of drug-likeness (QED) is 0.572. The number of carbonyl (C=O) groups is 1. The fraction of sp³-hybridized carbons (Fsp3) is 0.150. The van der Waals surface area contributed by atoms with E-state index in [1.54, 1.807) is 24.3 Å². The predicted octanol–water partition coefficient (Wildman–Crippen LogP) is 3.98. The van der Waals surface area contributed by atoms with Gasteiger partial charge in [0.15, 0.2) is 23.0 Å². The van der Waals surface area contributed by atoms with E-state index in [2.05, 4.69) is 0 Å². The second-order valence-corrected chi connectivity index (χ2v) is 6.11. The van der Waals surface area contributed by atoms with E-state index < -0.39 is 5.97 Å². The molecule has 0 atom stereocenters. The average Bonchev–Trinajstić information content (AvgIpc) is 3.33. The molecule has 2 aliphatic rings. The lowest BCUT2D eigenvalue weighted by Gasteiger charge is -2.02. The van der Waals surface area contributed by atoms with Crippen LogP contribution in [0.25, 0.3) is 11.1 Å². The highest BCUT2D eigenvalue weighted by atomic mass is 35.5. The molecule has 0 saturated heterocycles. The first kappa shape index (κ1) is 17.3. The number of carbonyl (C=O) groups excluding carboxylic acids is 1. The minimum Gasteiger partial charge on any atom is -0.458 e. The van der Waals surface area contributed by atoms with Crippen LogP contribution >= 0.6 is 11.6 Å². The summed E-state index contributed by atoms with van der Waals surface area (Å²) >= 11 is 6.19. The van der Waals surface area contributed by atoms with Crippen molar-refractivity contribution >= 4 is 28.7 Å². The van der Waals surface area contributed by atoms with Crippen LogP contribution in [0, 0.1) is 0 Å². The first-order chi connectivity index (χ1) is 13.2. The summed E-state index contributed by atoms with van der Waals surface area (Å²) in [6, 6.07) is 10.8. The van der Waals surface area contributed by atoms with Gasteiger partial charge in [-0.1, -0.05) is 23.7 Å². The number of halogens is 1. The molecule has 27 heavy (non-hydrogen) atoms. The molecule has 7 heteroatoms. The second-order valence-electron chi connectivity index (χ2n) is 5.71. The summed E-state index contributed by atoms with van der Waals surface area (Å²) in [4.78, 5) is 11.9. The first-order valence-corrected chi connectivity index (χ1v) is 8.57. The van der Waals surface area contributed by atoms with Gasteiger partial charge in [-0.15, -0.1) is 0 Å². The van der Waals surface area contributed by atoms with Gasteiger partial charge in [-0.05, 0) is 47.5 Å². The zero-order chi connectivity index (χ0) is 18.6. The third kappa shape index (κ3) is 4.01. The Morgan fingerprint density at radius 1 is 0.963 bits per heavy atom. The molecule has 0 aliphatic carbocycles. The third-order valence-corrected chi connectivity index (χ3v) is 4.25. The van der Waals surface area contributed by atoms with Crippen molar-refractivity contribution < 1.29 is 28.5 Å². The van der Waals surface area contributed by atoms with Gasteiger partial charge in [0.05, 0.1) is 5.03 Å². The highest BCUT2D eigenvalue weighted by Gasteiger charge is 2.15. The van der Waals surface area contributed by atoms with Crippen molar-refractivity contribution in [3.63, 3.8) is 0 Å². The Kier molecular flexibility index (Phi) is 4.89. The van der Waals surface area contributed by atoms with Crippen LogP contribution in [0.2, 0.25) is 0 Å². The van der Waals surface area contributed by atoms with Crippen molar-refractivity contribution in [3.05, 3.63) is 59.7 Å². The van der Waals surface area contributed by atoms with Crippen LogP contribution in [-0.4, -0.2) is 26.2 Å². The smallest absolute Gasteiger partial charge is 0.332 e. The number of ether oxygens (including phenoxy) is 5. The molecule has 6 nitrogen and oxygen atoms in total. The largest absolute Gasteiger partial charge is 0.458 e. The van der Waals surface area contributed by atoms with Gasteiger partial charge >= 0.3 is 5.97 Å². The molecule has 0 spiro atoms. The monoisotopic (exact) mass is 386 g/mol. The normalized spacial score (nSPS) is 14.6. The highest BCUT2D eigenvalue weighted by molar-refractivity contribution is 6.50. The number of rotatable bonds is 5. The van der Waals surface area contributed by atoms with E-state index in [1.165, 1.54) is 6.08 Å². The molecule has 2 aliphatic heterocycles. The second kappa shape index (κ2) is 7.63. The van der Waals surface area contributed by atoms with Crippen LogP contribution < -0.4 is 18.9 Å². The number of hydrogen-bond acceptors (Lipinski definition) is 6. The number of fused-ring (bicyclic) bond motifs is 2. The standard InChI is InChI=1S/C20H15ClO6/c21-15(14-4-6-17-19(9-14)27-12-25-17)10-20(22)23-7-1-2-13-3-5-16-18(8-13)26-11-24-16/h1-6,8-10H,7,11-12H2/b2-1?,15-10-. The van der Waals surface area contributed by atoms with Crippen molar-refractivity contribution in [2.24, 2.45) is 0 Å². The fourth-order valence-corrected chi connectivity index (χ4v) is 2.81. The van der Waals surface area contributed by atoms with Crippen LogP contribution in [0.1, 0.15) is 11.1 Å². The minimum absolute atomic E-state index is 0.120. The van der Waals surface area contributed by atoms with E-state index in [0.717, 1.165) is 11.3 Å². The Labute approximate surface area is 160 Å². The summed E-state index contributed by atoms with van der Waals surface area (Å²) in [5.41, 5.74) is 1.57. The molecule has 0 aromatic heterocycles. The third-order valence-electron chi connectivity index (χ3n) is 3.92. The zero-order valence-electron chi connectivity index (χ0n) is 14.1. The lowest BCUT2D eigenvalue weighted by atomic mass is 10.2. The minimum atomic E-state index is -0.534. The Morgan fingerprint density at radius 2 is 1.63 bits per heavy atom. The molecule has 0 saturated carbocycles. The molecule has 0 unspecified atom stereocenters. The van der Waals surface area contributed by atoms with Gasteiger partial charge in [-0.3, -0.25) is 0 Å². The Morgan fingerprint density at radius 3 is 2.41 bits per heavy atom. The van der Waals surface area contributed by atoms with Crippen LogP contribution in [0.15, 0.2) is 48.6 Å². The van der Waals surface area contributed by atoms with Gasteiger partial charge in [0.2, 0.25) is 13.6 Å². The zero-order valence-corrected chi connectivity index (χ0v) is 14.9. The fourth-order valence-electron chi connectivity index (χ4n) is 2.60. The molecule has 4 rings (SSSR count). The Hall–Kier alpha value is -3.12. The summed E-state index contributed by atoms with van der Waals surface area (Å²) in [5.74, 6) is 2.14. The van der Waals surface area contributed by atoms with Crippen LogP contribution in [0.5, 0.6) is 23.0 Å². The molecular weight excluding hydrogens is 372 g/mol. The average molecular weight is 387 g/mol. The summed E-state index contributed by atoms with van der Waals surface area (Å²) in [5, 5.41) is 0.262. The van der Waals surface area contributed by atoms with E-state index in [-0.39, 0.29) is 25.2 Å². The number of hydrogen-bond donors (Lipinski definition) is 0. The van der Waals surface area contributed by atoms with Gasteiger partial charge in [0.1, 0.15) is 6.61 Å². The van der Waals surface area contributed by atoms with Gasteiger partial charge in [0.25, 0.3) is 0 Å².